The SMILES string of the molecule is CSc1nc(C)c(CCC(=O)NCCCNC(=O)c2cccc(O)c2)c(C)n1. The Bertz CT molecular complexity index is 819. The predicted octanol–water partition coefficient (Wildman–Crippen LogP) is 2.39. The minimum Gasteiger partial charge on any atom is -0.508 e. The van der Waals surface area contributed by atoms with Crippen LogP contribution in [-0.2, 0) is 11.2 Å². The Balaban J connectivity index is 1.67. The summed E-state index contributed by atoms with van der Waals surface area (Å²) in [6, 6.07) is 6.18. The van der Waals surface area contributed by atoms with E-state index in [1.165, 1.54) is 23.9 Å². The molecular formula is C20H26N4O3S. The van der Waals surface area contributed by atoms with Gasteiger partial charge in [0.1, 0.15) is 5.75 Å². The second-order valence-corrected chi connectivity index (χ2v) is 7.14. The Morgan fingerprint density at radius 1 is 1.11 bits per heavy atom. The van der Waals surface area contributed by atoms with Crippen molar-refractivity contribution in [1.29, 1.82) is 0 Å². The summed E-state index contributed by atoms with van der Waals surface area (Å²) in [6.07, 6.45) is 3.54. The van der Waals surface area contributed by atoms with E-state index in [1.807, 2.05) is 20.1 Å². The van der Waals surface area contributed by atoms with Gasteiger partial charge in [0.2, 0.25) is 5.91 Å². The van der Waals surface area contributed by atoms with E-state index in [1.54, 1.807) is 12.1 Å². The molecule has 0 radical (unpaired) electrons. The monoisotopic (exact) mass is 402 g/mol. The Morgan fingerprint density at radius 3 is 2.43 bits per heavy atom. The molecule has 0 saturated heterocycles. The number of amides is 2. The largest absolute Gasteiger partial charge is 0.508 e. The number of hydrogen-bond acceptors (Lipinski definition) is 6. The molecule has 3 N–H and O–H groups in total. The number of phenolic OH excluding ortho intramolecular Hbond substituents is 1. The van der Waals surface area contributed by atoms with Gasteiger partial charge in [0.05, 0.1) is 0 Å². The third kappa shape index (κ3) is 6.53. The highest BCUT2D eigenvalue weighted by Crippen LogP contribution is 2.17. The van der Waals surface area contributed by atoms with Crippen molar-refractivity contribution < 1.29 is 14.7 Å². The fourth-order valence-electron chi connectivity index (χ4n) is 2.76. The van der Waals surface area contributed by atoms with E-state index in [4.69, 9.17) is 0 Å². The molecule has 2 amide bonds. The summed E-state index contributed by atoms with van der Waals surface area (Å²) >= 11 is 1.50. The number of rotatable bonds is 9. The van der Waals surface area contributed by atoms with Crippen LogP contribution in [0.5, 0.6) is 5.75 Å². The zero-order valence-electron chi connectivity index (χ0n) is 16.4. The summed E-state index contributed by atoms with van der Waals surface area (Å²) in [5.41, 5.74) is 3.26. The number of hydrogen-bond donors (Lipinski definition) is 3. The van der Waals surface area contributed by atoms with Crippen LogP contribution in [-0.4, -0.2) is 46.2 Å². The molecular weight excluding hydrogens is 376 g/mol. The topological polar surface area (TPSA) is 104 Å². The van der Waals surface area contributed by atoms with Gasteiger partial charge < -0.3 is 15.7 Å². The fraction of sp³-hybridized carbons (Fsp3) is 0.400. The Labute approximate surface area is 169 Å². The molecule has 2 rings (SSSR count). The lowest BCUT2D eigenvalue weighted by molar-refractivity contribution is -0.121. The van der Waals surface area contributed by atoms with Crippen LogP contribution in [0.3, 0.4) is 0 Å². The molecule has 0 bridgehead atoms. The van der Waals surface area contributed by atoms with Gasteiger partial charge in [0, 0.05) is 36.5 Å². The van der Waals surface area contributed by atoms with Crippen LogP contribution >= 0.6 is 11.8 Å². The van der Waals surface area contributed by atoms with E-state index in [-0.39, 0.29) is 17.6 Å². The maximum atomic E-state index is 12.0. The molecule has 0 saturated carbocycles. The average Bonchev–Trinajstić information content (AvgIpc) is 2.66. The summed E-state index contributed by atoms with van der Waals surface area (Å²) in [5.74, 6) is -0.229. The van der Waals surface area contributed by atoms with Gasteiger partial charge >= 0.3 is 0 Å². The first-order chi connectivity index (χ1) is 13.4. The molecule has 1 aromatic carbocycles. The zero-order valence-corrected chi connectivity index (χ0v) is 17.2. The smallest absolute Gasteiger partial charge is 0.251 e. The van der Waals surface area contributed by atoms with Crippen molar-refractivity contribution in [1.82, 2.24) is 20.6 Å². The molecule has 28 heavy (non-hydrogen) atoms. The highest BCUT2D eigenvalue weighted by molar-refractivity contribution is 7.98. The van der Waals surface area contributed by atoms with Gasteiger partial charge in [0.15, 0.2) is 5.16 Å². The first kappa shape index (κ1) is 21.7. The van der Waals surface area contributed by atoms with Crippen molar-refractivity contribution in [2.24, 2.45) is 0 Å². The number of nitrogens with one attached hydrogen (secondary N) is 2. The van der Waals surface area contributed by atoms with Crippen molar-refractivity contribution in [3.05, 3.63) is 46.8 Å². The van der Waals surface area contributed by atoms with Gasteiger partial charge in [-0.25, -0.2) is 9.97 Å². The highest BCUT2D eigenvalue weighted by atomic mass is 32.2. The maximum Gasteiger partial charge on any atom is 0.251 e. The van der Waals surface area contributed by atoms with E-state index in [2.05, 4.69) is 20.6 Å². The summed E-state index contributed by atoms with van der Waals surface area (Å²) < 4.78 is 0. The van der Waals surface area contributed by atoms with Gasteiger partial charge in [-0.1, -0.05) is 17.8 Å². The van der Waals surface area contributed by atoms with Crippen molar-refractivity contribution in [2.45, 2.75) is 38.3 Å². The number of aryl methyl sites for hydroxylation is 2. The molecule has 0 aliphatic carbocycles. The molecule has 0 spiro atoms. The lowest BCUT2D eigenvalue weighted by Crippen LogP contribution is -2.30. The lowest BCUT2D eigenvalue weighted by atomic mass is 10.1. The predicted molar refractivity (Wildman–Crippen MR) is 110 cm³/mol. The van der Waals surface area contributed by atoms with Crippen LogP contribution in [0.15, 0.2) is 29.4 Å². The molecule has 1 heterocycles. The van der Waals surface area contributed by atoms with Crippen molar-refractivity contribution in [3.8, 4) is 5.75 Å². The first-order valence-electron chi connectivity index (χ1n) is 9.12. The molecule has 1 aromatic heterocycles. The molecule has 7 nitrogen and oxygen atoms in total. The summed E-state index contributed by atoms with van der Waals surface area (Å²) in [7, 11) is 0. The Hall–Kier alpha value is -2.61. The minimum atomic E-state index is -0.248. The quantitative estimate of drug-likeness (QED) is 0.338. The summed E-state index contributed by atoms with van der Waals surface area (Å²) in [4.78, 5) is 32.8. The van der Waals surface area contributed by atoms with Crippen molar-refractivity contribution >= 4 is 23.6 Å². The average molecular weight is 403 g/mol. The molecule has 0 atom stereocenters. The number of aromatic hydroxyl groups is 1. The molecule has 8 heteroatoms. The third-order valence-electron chi connectivity index (χ3n) is 4.25. The molecule has 150 valence electrons. The van der Waals surface area contributed by atoms with Gasteiger partial charge in [-0.2, -0.15) is 0 Å². The number of aromatic nitrogens is 2. The van der Waals surface area contributed by atoms with Crippen LogP contribution in [0.1, 0.15) is 40.2 Å². The van der Waals surface area contributed by atoms with Gasteiger partial charge in [-0.05, 0) is 56.7 Å². The highest BCUT2D eigenvalue weighted by Gasteiger charge is 2.10. The van der Waals surface area contributed by atoms with Crippen molar-refractivity contribution in [3.63, 3.8) is 0 Å². The number of carbonyl (C=O) groups is 2. The number of benzene rings is 1. The molecule has 2 aromatic rings. The molecule has 0 fully saturated rings. The number of thioether (sulfide) groups is 1. The van der Waals surface area contributed by atoms with Crippen LogP contribution in [0.25, 0.3) is 0 Å². The van der Waals surface area contributed by atoms with E-state index in [0.717, 1.165) is 22.1 Å². The van der Waals surface area contributed by atoms with Gasteiger partial charge in [-0.3, -0.25) is 9.59 Å². The minimum absolute atomic E-state index is 0.0351. The fourth-order valence-corrected chi connectivity index (χ4v) is 3.21. The van der Waals surface area contributed by atoms with Gasteiger partial charge in [0.25, 0.3) is 5.91 Å². The molecule has 0 aliphatic rings. The standard InChI is InChI=1S/C20H26N4O3S/c1-13-17(14(2)24-20(23-13)28-3)8-9-18(26)21-10-5-11-22-19(27)15-6-4-7-16(25)12-15/h4,6-7,12,25H,5,8-11H2,1-3H3,(H,21,26)(H,22,27). The normalized spacial score (nSPS) is 10.5. The van der Waals surface area contributed by atoms with Crippen LogP contribution in [0.2, 0.25) is 0 Å². The number of nitrogens with zero attached hydrogens (tertiary/aromatic N) is 2. The Kier molecular flexibility index (Phi) is 8.25. The van der Waals surface area contributed by atoms with Crippen LogP contribution in [0, 0.1) is 13.8 Å². The Morgan fingerprint density at radius 2 is 1.79 bits per heavy atom. The van der Waals surface area contributed by atoms with E-state index in [9.17, 15) is 14.7 Å². The third-order valence-corrected chi connectivity index (χ3v) is 4.80. The van der Waals surface area contributed by atoms with Crippen LogP contribution in [0.4, 0.5) is 0 Å². The van der Waals surface area contributed by atoms with Crippen molar-refractivity contribution in [2.75, 3.05) is 19.3 Å². The summed E-state index contributed by atoms with van der Waals surface area (Å²) in [5, 5.41) is 15.8. The molecule has 0 unspecified atom stereocenters. The summed E-state index contributed by atoms with van der Waals surface area (Å²) in [6.45, 7) is 4.81. The maximum absolute atomic E-state index is 12.0. The second kappa shape index (κ2) is 10.7. The second-order valence-electron chi connectivity index (χ2n) is 6.37. The lowest BCUT2D eigenvalue weighted by Gasteiger charge is -2.10. The molecule has 0 aliphatic heterocycles. The van der Waals surface area contributed by atoms with E-state index >= 15 is 0 Å². The zero-order chi connectivity index (χ0) is 20.5. The van der Waals surface area contributed by atoms with Gasteiger partial charge in [-0.15, -0.1) is 0 Å². The first-order valence-corrected chi connectivity index (χ1v) is 10.3. The van der Waals surface area contributed by atoms with E-state index < -0.39 is 0 Å². The van der Waals surface area contributed by atoms with Crippen LogP contribution < -0.4 is 10.6 Å². The number of carbonyl (C=O) groups excluding carboxylic acids is 2. The number of phenols is 1. The van der Waals surface area contributed by atoms with E-state index in [0.29, 0.717) is 37.9 Å².